The summed E-state index contributed by atoms with van der Waals surface area (Å²) in [4.78, 5) is 18.8. The van der Waals surface area contributed by atoms with Crippen LogP contribution in [0.1, 0.15) is 52.0 Å². The zero-order valence-corrected chi connectivity index (χ0v) is 15.8. The monoisotopic (exact) mass is 344 g/mol. The topological polar surface area (TPSA) is 56.7 Å². The molecule has 1 aromatic carbocycles. The third-order valence-electron chi connectivity index (χ3n) is 4.54. The molecule has 25 heavy (non-hydrogen) atoms. The number of amides is 1. The Morgan fingerprint density at radius 1 is 1.20 bits per heavy atom. The van der Waals surface area contributed by atoms with Crippen LogP contribution >= 0.6 is 0 Å². The summed E-state index contributed by atoms with van der Waals surface area (Å²) in [6.07, 6.45) is 3.89. The Bertz CT molecular complexity index is 560. The van der Waals surface area contributed by atoms with Gasteiger partial charge in [0.15, 0.2) is 5.96 Å². The number of carbonyl (C=O) groups excluding carboxylic acids is 1. The van der Waals surface area contributed by atoms with E-state index in [2.05, 4.69) is 29.4 Å². The van der Waals surface area contributed by atoms with Crippen molar-refractivity contribution in [2.24, 2.45) is 10.9 Å². The predicted octanol–water partition coefficient (Wildman–Crippen LogP) is 3.62. The third-order valence-corrected chi connectivity index (χ3v) is 4.54. The molecular formula is C20H32N4O. The maximum absolute atomic E-state index is 11.6. The van der Waals surface area contributed by atoms with Gasteiger partial charge in [-0.3, -0.25) is 4.79 Å². The molecule has 1 aliphatic rings. The highest BCUT2D eigenvalue weighted by molar-refractivity contribution is 5.90. The van der Waals surface area contributed by atoms with Gasteiger partial charge in [0.2, 0.25) is 5.91 Å². The van der Waals surface area contributed by atoms with Crippen LogP contribution < -0.4 is 10.6 Å². The lowest BCUT2D eigenvalue weighted by Crippen LogP contribution is -2.45. The number of likely N-dealkylation sites (tertiary alicyclic amines) is 1. The fourth-order valence-corrected chi connectivity index (χ4v) is 2.96. The van der Waals surface area contributed by atoms with E-state index >= 15 is 0 Å². The second-order valence-corrected chi connectivity index (χ2v) is 6.83. The average molecular weight is 345 g/mol. The number of benzene rings is 1. The average Bonchev–Trinajstić information content (AvgIpc) is 2.61. The highest BCUT2D eigenvalue weighted by Crippen LogP contribution is 2.16. The van der Waals surface area contributed by atoms with Crippen LogP contribution in [0.25, 0.3) is 0 Å². The smallest absolute Gasteiger partial charge is 0.224 e. The summed E-state index contributed by atoms with van der Waals surface area (Å²) in [6.45, 7) is 10.1. The highest BCUT2D eigenvalue weighted by atomic mass is 16.1. The zero-order chi connectivity index (χ0) is 18.1. The molecule has 0 bridgehead atoms. The van der Waals surface area contributed by atoms with Crippen LogP contribution in [0, 0.1) is 5.92 Å². The van der Waals surface area contributed by atoms with Crippen LogP contribution in [0.3, 0.4) is 0 Å². The molecule has 1 fully saturated rings. The summed E-state index contributed by atoms with van der Waals surface area (Å²) in [6, 6.07) is 7.97. The van der Waals surface area contributed by atoms with Gasteiger partial charge in [-0.15, -0.1) is 0 Å². The van der Waals surface area contributed by atoms with E-state index in [0.717, 1.165) is 49.2 Å². The molecule has 2 N–H and O–H groups in total. The molecule has 0 saturated carbocycles. The number of nitrogens with zero attached hydrogens (tertiary/aromatic N) is 2. The Labute approximate surface area is 151 Å². The number of hydrogen-bond donors (Lipinski definition) is 2. The van der Waals surface area contributed by atoms with E-state index in [-0.39, 0.29) is 5.91 Å². The Morgan fingerprint density at radius 2 is 1.88 bits per heavy atom. The minimum absolute atomic E-state index is 0.0713. The molecule has 2 rings (SSSR count). The van der Waals surface area contributed by atoms with Gasteiger partial charge in [0, 0.05) is 31.7 Å². The SMILES string of the molecule is CCCC(=O)Nc1ccc(CN=C(NCC)N2CCC(C)CC2)cc1. The Kier molecular flexibility index (Phi) is 7.76. The lowest BCUT2D eigenvalue weighted by Gasteiger charge is -2.33. The predicted molar refractivity (Wildman–Crippen MR) is 105 cm³/mol. The summed E-state index contributed by atoms with van der Waals surface area (Å²) in [5.41, 5.74) is 2.00. The van der Waals surface area contributed by atoms with Crippen molar-refractivity contribution in [3.05, 3.63) is 29.8 Å². The number of nitrogens with one attached hydrogen (secondary N) is 2. The van der Waals surface area contributed by atoms with Gasteiger partial charge in [-0.1, -0.05) is 26.0 Å². The molecule has 1 heterocycles. The molecule has 138 valence electrons. The maximum atomic E-state index is 11.6. The molecule has 1 saturated heterocycles. The van der Waals surface area contributed by atoms with Crippen molar-refractivity contribution in [1.29, 1.82) is 0 Å². The van der Waals surface area contributed by atoms with Gasteiger partial charge < -0.3 is 15.5 Å². The van der Waals surface area contributed by atoms with E-state index in [1.54, 1.807) is 0 Å². The van der Waals surface area contributed by atoms with E-state index in [1.165, 1.54) is 12.8 Å². The van der Waals surface area contributed by atoms with Gasteiger partial charge >= 0.3 is 0 Å². The molecule has 5 nitrogen and oxygen atoms in total. The minimum atomic E-state index is 0.0713. The number of anilines is 1. The van der Waals surface area contributed by atoms with Crippen LogP contribution in [0.15, 0.2) is 29.3 Å². The van der Waals surface area contributed by atoms with Crippen LogP contribution in [0.2, 0.25) is 0 Å². The molecule has 0 radical (unpaired) electrons. The van der Waals surface area contributed by atoms with Crippen molar-refractivity contribution >= 4 is 17.6 Å². The lowest BCUT2D eigenvalue weighted by molar-refractivity contribution is -0.116. The Morgan fingerprint density at radius 3 is 2.48 bits per heavy atom. The number of guanidine groups is 1. The first-order valence-electron chi connectivity index (χ1n) is 9.54. The molecule has 0 atom stereocenters. The molecule has 0 spiro atoms. The molecule has 5 heteroatoms. The summed E-state index contributed by atoms with van der Waals surface area (Å²) in [7, 11) is 0. The first-order valence-corrected chi connectivity index (χ1v) is 9.54. The zero-order valence-electron chi connectivity index (χ0n) is 15.8. The van der Waals surface area contributed by atoms with E-state index in [4.69, 9.17) is 4.99 Å². The second kappa shape index (κ2) is 10.1. The molecule has 0 aromatic heterocycles. The van der Waals surface area contributed by atoms with Crippen LogP contribution in [0.4, 0.5) is 5.69 Å². The van der Waals surface area contributed by atoms with Crippen LogP contribution in [-0.2, 0) is 11.3 Å². The van der Waals surface area contributed by atoms with E-state index in [0.29, 0.717) is 13.0 Å². The van der Waals surface area contributed by atoms with Gasteiger partial charge in [-0.2, -0.15) is 0 Å². The normalized spacial score (nSPS) is 16.0. The number of carbonyl (C=O) groups is 1. The van der Waals surface area contributed by atoms with Crippen molar-refractivity contribution in [3.63, 3.8) is 0 Å². The third kappa shape index (κ3) is 6.40. The number of aliphatic imine (C=N–C) groups is 1. The van der Waals surface area contributed by atoms with Crippen LogP contribution in [0.5, 0.6) is 0 Å². The molecular weight excluding hydrogens is 312 g/mol. The second-order valence-electron chi connectivity index (χ2n) is 6.83. The van der Waals surface area contributed by atoms with Crippen molar-refractivity contribution in [2.75, 3.05) is 25.0 Å². The summed E-state index contributed by atoms with van der Waals surface area (Å²) in [5, 5.41) is 6.32. The fourth-order valence-electron chi connectivity index (χ4n) is 2.96. The lowest BCUT2D eigenvalue weighted by atomic mass is 10.00. The van der Waals surface area contributed by atoms with Crippen molar-refractivity contribution in [3.8, 4) is 0 Å². The molecule has 1 aliphatic heterocycles. The fraction of sp³-hybridized carbons (Fsp3) is 0.600. The van der Waals surface area contributed by atoms with Gasteiger partial charge in [-0.05, 0) is 49.8 Å². The van der Waals surface area contributed by atoms with Crippen LogP contribution in [-0.4, -0.2) is 36.4 Å². The molecule has 0 aliphatic carbocycles. The Hall–Kier alpha value is -2.04. The van der Waals surface area contributed by atoms with E-state index in [9.17, 15) is 4.79 Å². The highest BCUT2D eigenvalue weighted by Gasteiger charge is 2.18. The van der Waals surface area contributed by atoms with Gasteiger partial charge in [0.1, 0.15) is 0 Å². The molecule has 1 amide bonds. The molecule has 0 unspecified atom stereocenters. The summed E-state index contributed by atoms with van der Waals surface area (Å²) >= 11 is 0. The summed E-state index contributed by atoms with van der Waals surface area (Å²) in [5.74, 6) is 1.89. The first kappa shape index (κ1) is 19.3. The van der Waals surface area contributed by atoms with Gasteiger partial charge in [0.25, 0.3) is 0 Å². The first-order chi connectivity index (χ1) is 12.1. The van der Waals surface area contributed by atoms with E-state index < -0.39 is 0 Å². The van der Waals surface area contributed by atoms with Crippen molar-refractivity contribution < 1.29 is 4.79 Å². The van der Waals surface area contributed by atoms with Crippen molar-refractivity contribution in [1.82, 2.24) is 10.2 Å². The molecule has 1 aromatic rings. The maximum Gasteiger partial charge on any atom is 0.224 e. The summed E-state index contributed by atoms with van der Waals surface area (Å²) < 4.78 is 0. The minimum Gasteiger partial charge on any atom is -0.357 e. The standard InChI is InChI=1S/C20H32N4O/c1-4-6-19(25)23-18-9-7-17(8-10-18)15-22-20(21-5-2)24-13-11-16(3)12-14-24/h7-10,16H,4-6,11-15H2,1-3H3,(H,21,22)(H,23,25). The van der Waals surface area contributed by atoms with Crippen molar-refractivity contribution in [2.45, 2.75) is 53.0 Å². The number of piperidine rings is 1. The van der Waals surface area contributed by atoms with E-state index in [1.807, 2.05) is 31.2 Å². The number of rotatable bonds is 6. The quantitative estimate of drug-likeness (QED) is 0.612. The number of hydrogen-bond acceptors (Lipinski definition) is 2. The largest absolute Gasteiger partial charge is 0.357 e. The van der Waals surface area contributed by atoms with Gasteiger partial charge in [0.05, 0.1) is 6.54 Å². The van der Waals surface area contributed by atoms with Gasteiger partial charge in [-0.25, -0.2) is 4.99 Å². The Balaban J connectivity index is 1.94.